The Hall–Kier alpha value is -3.51. The Kier molecular flexibility index (Phi) is 10.1. The lowest BCUT2D eigenvalue weighted by molar-refractivity contribution is -0.133. The maximum atomic E-state index is 13.7. The van der Waals surface area contributed by atoms with Gasteiger partial charge in [-0.2, -0.15) is 4.98 Å². The highest BCUT2D eigenvalue weighted by Gasteiger charge is 2.37. The molecule has 2 heterocycles. The zero-order valence-corrected chi connectivity index (χ0v) is 25.6. The predicted octanol–water partition coefficient (Wildman–Crippen LogP) is 6.42. The average molecular weight is 590 g/mol. The summed E-state index contributed by atoms with van der Waals surface area (Å²) in [5.74, 6) is -0.997. The molecule has 0 bridgehead atoms. The van der Waals surface area contributed by atoms with Crippen LogP contribution in [0.3, 0.4) is 0 Å². The van der Waals surface area contributed by atoms with E-state index in [9.17, 15) is 18.0 Å². The summed E-state index contributed by atoms with van der Waals surface area (Å²) in [5.41, 5.74) is 7.11. The van der Waals surface area contributed by atoms with E-state index in [-0.39, 0.29) is 40.6 Å². The van der Waals surface area contributed by atoms with Gasteiger partial charge in [-0.25, -0.2) is 18.2 Å². The highest BCUT2D eigenvalue weighted by Crippen LogP contribution is 2.39. The summed E-state index contributed by atoms with van der Waals surface area (Å²) < 4.78 is 53.1. The van der Waals surface area contributed by atoms with Crippen LogP contribution in [-0.4, -0.2) is 60.4 Å². The maximum absolute atomic E-state index is 13.7. The molecule has 3 aromatic rings. The molecule has 0 saturated carbocycles. The second-order valence-corrected chi connectivity index (χ2v) is 16.0. The molecule has 0 aliphatic heterocycles. The van der Waals surface area contributed by atoms with Crippen LogP contribution in [0.2, 0.25) is 18.1 Å². The standard InChI is InChI=1S/C29H38F3N5O3Si/c1-8-37(13-14-40-41(6,7)29(3,4)5)23(38)17-39-27-24(20-15-18(2)34-22(16-20)26(31)32)25(35-28(33)36-27)19-9-11-21(30)12-10-19/h9-12,15-16,26H,8,13-14,17H2,1-7H3,(H2,33,35,36). The minimum absolute atomic E-state index is 0.0399. The number of hydrogen-bond donors (Lipinski definition) is 1. The minimum atomic E-state index is -2.82. The van der Waals surface area contributed by atoms with Gasteiger partial charge in [0.1, 0.15) is 11.5 Å². The number of amides is 1. The second kappa shape index (κ2) is 13.0. The van der Waals surface area contributed by atoms with Crippen LogP contribution >= 0.6 is 0 Å². The van der Waals surface area contributed by atoms with E-state index in [1.165, 1.54) is 30.3 Å². The van der Waals surface area contributed by atoms with Gasteiger partial charge in [0, 0.05) is 24.3 Å². The van der Waals surface area contributed by atoms with Crippen LogP contribution in [0.25, 0.3) is 22.4 Å². The zero-order valence-electron chi connectivity index (χ0n) is 24.6. The Morgan fingerprint density at radius 1 is 1.07 bits per heavy atom. The van der Waals surface area contributed by atoms with Crippen LogP contribution < -0.4 is 10.5 Å². The van der Waals surface area contributed by atoms with Gasteiger partial charge in [0.15, 0.2) is 14.9 Å². The molecule has 1 amide bonds. The fourth-order valence-electron chi connectivity index (χ4n) is 3.90. The fourth-order valence-corrected chi connectivity index (χ4v) is 4.93. The van der Waals surface area contributed by atoms with Crippen LogP contribution in [0.4, 0.5) is 19.1 Å². The van der Waals surface area contributed by atoms with Gasteiger partial charge in [-0.15, -0.1) is 0 Å². The number of hydrogen-bond acceptors (Lipinski definition) is 7. The fraction of sp³-hybridized carbons (Fsp3) is 0.448. The Morgan fingerprint density at radius 2 is 1.73 bits per heavy atom. The van der Waals surface area contributed by atoms with E-state index in [2.05, 4.69) is 48.8 Å². The second-order valence-electron chi connectivity index (χ2n) is 11.2. The summed E-state index contributed by atoms with van der Waals surface area (Å²) in [5, 5.41) is 0.0399. The number of carbonyl (C=O) groups is 1. The number of carbonyl (C=O) groups excluding carboxylic acids is 1. The van der Waals surface area contributed by atoms with E-state index in [1.54, 1.807) is 17.9 Å². The topological polar surface area (TPSA) is 103 Å². The third kappa shape index (κ3) is 8.04. The first-order valence-corrected chi connectivity index (χ1v) is 16.3. The highest BCUT2D eigenvalue weighted by molar-refractivity contribution is 6.74. The summed E-state index contributed by atoms with van der Waals surface area (Å²) >= 11 is 0. The van der Waals surface area contributed by atoms with Crippen LogP contribution in [-0.2, 0) is 9.22 Å². The van der Waals surface area contributed by atoms with E-state index in [0.29, 0.717) is 36.5 Å². The van der Waals surface area contributed by atoms with Gasteiger partial charge in [-0.3, -0.25) is 9.78 Å². The molecule has 2 aromatic heterocycles. The van der Waals surface area contributed by atoms with E-state index in [1.807, 2.05) is 6.92 Å². The van der Waals surface area contributed by atoms with Crippen molar-refractivity contribution < 1.29 is 27.1 Å². The number of benzene rings is 1. The van der Waals surface area contributed by atoms with Crippen LogP contribution in [0.15, 0.2) is 36.4 Å². The van der Waals surface area contributed by atoms with E-state index < -0.39 is 26.3 Å². The van der Waals surface area contributed by atoms with Crippen molar-refractivity contribution in [3.8, 4) is 28.3 Å². The molecule has 2 N–H and O–H groups in total. The summed E-state index contributed by atoms with van der Waals surface area (Å²) in [4.78, 5) is 27.2. The monoisotopic (exact) mass is 589 g/mol. The van der Waals surface area contributed by atoms with Crippen molar-refractivity contribution in [2.75, 3.05) is 32.0 Å². The molecule has 0 spiro atoms. The molecule has 12 heteroatoms. The molecule has 222 valence electrons. The first-order chi connectivity index (χ1) is 19.1. The van der Waals surface area contributed by atoms with Crippen LogP contribution in [0, 0.1) is 12.7 Å². The number of ether oxygens (including phenoxy) is 1. The lowest BCUT2D eigenvalue weighted by atomic mass is 9.99. The summed E-state index contributed by atoms with van der Waals surface area (Å²) in [6, 6.07) is 8.26. The van der Waals surface area contributed by atoms with Gasteiger partial charge >= 0.3 is 0 Å². The number of pyridine rings is 1. The number of halogens is 3. The molecular formula is C29H38F3N5O3Si. The number of anilines is 1. The van der Waals surface area contributed by atoms with Gasteiger partial charge in [-0.1, -0.05) is 20.8 Å². The van der Waals surface area contributed by atoms with Crippen LogP contribution in [0.5, 0.6) is 5.88 Å². The van der Waals surface area contributed by atoms with Crippen molar-refractivity contribution in [2.45, 2.75) is 59.2 Å². The van der Waals surface area contributed by atoms with Gasteiger partial charge in [0.2, 0.25) is 11.8 Å². The lowest BCUT2D eigenvalue weighted by Gasteiger charge is -2.36. The third-order valence-electron chi connectivity index (χ3n) is 7.19. The molecule has 0 unspecified atom stereocenters. The van der Waals surface area contributed by atoms with Gasteiger partial charge in [-0.05, 0) is 73.9 Å². The van der Waals surface area contributed by atoms with Gasteiger partial charge in [0.05, 0.1) is 17.9 Å². The van der Waals surface area contributed by atoms with Crippen molar-refractivity contribution >= 4 is 20.2 Å². The van der Waals surface area contributed by atoms with Crippen molar-refractivity contribution in [1.29, 1.82) is 0 Å². The molecule has 0 fully saturated rings. The number of rotatable bonds is 11. The largest absolute Gasteiger partial charge is 0.467 e. The Bertz CT molecular complexity index is 1370. The smallest absolute Gasteiger partial charge is 0.280 e. The molecule has 0 radical (unpaired) electrons. The maximum Gasteiger partial charge on any atom is 0.280 e. The van der Waals surface area contributed by atoms with E-state index in [4.69, 9.17) is 14.9 Å². The van der Waals surface area contributed by atoms with Crippen LogP contribution in [0.1, 0.15) is 45.5 Å². The molecule has 0 aliphatic carbocycles. The molecular weight excluding hydrogens is 551 g/mol. The van der Waals surface area contributed by atoms with E-state index in [0.717, 1.165) is 0 Å². The van der Waals surface area contributed by atoms with Crippen molar-refractivity contribution in [1.82, 2.24) is 19.9 Å². The number of aromatic nitrogens is 3. The first-order valence-electron chi connectivity index (χ1n) is 13.4. The molecule has 0 aliphatic rings. The van der Waals surface area contributed by atoms with Gasteiger partial charge < -0.3 is 19.8 Å². The molecule has 3 rings (SSSR count). The normalized spacial score (nSPS) is 12.1. The zero-order chi connectivity index (χ0) is 30.5. The third-order valence-corrected chi connectivity index (χ3v) is 11.7. The van der Waals surface area contributed by atoms with E-state index >= 15 is 0 Å². The number of likely N-dealkylation sites (N-methyl/N-ethyl adjacent to an activating group) is 1. The van der Waals surface area contributed by atoms with Crippen molar-refractivity contribution in [3.63, 3.8) is 0 Å². The summed E-state index contributed by atoms with van der Waals surface area (Å²) in [7, 11) is -1.98. The van der Waals surface area contributed by atoms with Gasteiger partial charge in [0.25, 0.3) is 12.3 Å². The molecule has 0 atom stereocenters. The number of nitrogen functional groups attached to an aromatic ring is 1. The SMILES string of the molecule is CCN(CCO[Si](C)(C)C(C)(C)C)C(=O)COc1nc(N)nc(-c2ccc(F)cc2)c1-c1cc(C)nc(C(F)F)c1. The quantitative estimate of drug-likeness (QED) is 0.257. The first kappa shape index (κ1) is 32.0. The van der Waals surface area contributed by atoms with Crippen molar-refractivity contribution in [3.05, 3.63) is 53.6 Å². The number of nitrogens with two attached hydrogens (primary N) is 1. The minimum Gasteiger partial charge on any atom is -0.467 e. The summed E-state index contributed by atoms with van der Waals surface area (Å²) in [6.07, 6.45) is -2.82. The summed E-state index contributed by atoms with van der Waals surface area (Å²) in [6.45, 7) is 15.0. The molecule has 41 heavy (non-hydrogen) atoms. The molecule has 0 saturated heterocycles. The Balaban J connectivity index is 1.95. The van der Waals surface area contributed by atoms with Crippen molar-refractivity contribution in [2.24, 2.45) is 0 Å². The molecule has 1 aromatic carbocycles. The number of alkyl halides is 2. The molecule has 8 nitrogen and oxygen atoms in total. The Morgan fingerprint density at radius 3 is 2.32 bits per heavy atom. The Labute approximate surface area is 240 Å². The lowest BCUT2D eigenvalue weighted by Crippen LogP contribution is -2.44. The predicted molar refractivity (Wildman–Crippen MR) is 156 cm³/mol. The number of nitrogens with zero attached hydrogens (tertiary/aromatic N) is 4. The highest BCUT2D eigenvalue weighted by atomic mass is 28.4. The number of aryl methyl sites for hydroxylation is 1. The average Bonchev–Trinajstić information content (AvgIpc) is 2.88.